The molecule has 0 aromatic heterocycles. The van der Waals surface area contributed by atoms with Crippen LogP contribution < -0.4 is 33.0 Å². The van der Waals surface area contributed by atoms with Gasteiger partial charge in [0.05, 0.1) is 10.1 Å². The van der Waals surface area contributed by atoms with E-state index in [1.807, 2.05) is 39.2 Å². The second kappa shape index (κ2) is 8.82. The lowest BCUT2D eigenvalue weighted by molar-refractivity contribution is -0.137. The molecule has 0 saturated heterocycles. The Morgan fingerprint density at radius 3 is 1.78 bits per heavy atom. The molecule has 0 aliphatic carbocycles. The van der Waals surface area contributed by atoms with Gasteiger partial charge in [-0.25, -0.2) is 0 Å². The van der Waals surface area contributed by atoms with Crippen molar-refractivity contribution in [1.82, 2.24) is 0 Å². The van der Waals surface area contributed by atoms with E-state index in [2.05, 4.69) is 0 Å². The molecule has 180 valence electrons. The quantitative estimate of drug-likeness (QED) is 0.319. The largest absolute Gasteiger partial charge is 0.467 e. The van der Waals surface area contributed by atoms with E-state index in [-0.39, 0.29) is 5.56 Å². The molecule has 18 heteroatoms. The van der Waals surface area contributed by atoms with Gasteiger partial charge in [-0.15, -0.1) is 16.4 Å². The Labute approximate surface area is 215 Å². The Kier molecular flexibility index (Phi) is 6.88. The number of Topliss-reactive ketones (excluding diaryl/α,β-unsaturated/α-hetero) is 1. The molecule has 1 aliphatic heterocycles. The van der Waals surface area contributed by atoms with Crippen molar-refractivity contribution in [2.45, 2.75) is 16.2 Å². The third kappa shape index (κ3) is 4.31. The molecule has 2 N–H and O–H groups in total. The summed E-state index contributed by atoms with van der Waals surface area (Å²) in [6.07, 6.45) is -4.56. The SMILES string of the molecule is Bc1c(B)c(B)c(C(B)(B)S(=O)(=O)OC2=C(N)OC(B)(c3ccc(C(F)(F)F)cc3)C2=O)c(B)c1B. The van der Waals surface area contributed by atoms with Crippen LogP contribution in [0.3, 0.4) is 0 Å². The molecule has 0 spiro atoms. The summed E-state index contributed by atoms with van der Waals surface area (Å²) in [5.74, 6) is -2.18. The predicted molar refractivity (Wildman–Crippen MR) is 155 cm³/mol. The van der Waals surface area contributed by atoms with Gasteiger partial charge in [0, 0.05) is 0 Å². The minimum absolute atomic E-state index is 0.0650. The Morgan fingerprint density at radius 1 is 0.889 bits per heavy atom. The van der Waals surface area contributed by atoms with Gasteiger partial charge < -0.3 is 14.7 Å². The van der Waals surface area contributed by atoms with Crippen molar-refractivity contribution < 1.29 is 35.3 Å². The summed E-state index contributed by atoms with van der Waals surface area (Å²) < 4.78 is 75.2. The molecule has 36 heavy (non-hydrogen) atoms. The first-order chi connectivity index (χ1) is 16.3. The van der Waals surface area contributed by atoms with Gasteiger partial charge in [0.15, 0.2) is 13.3 Å². The number of alkyl halides is 3. The molecule has 3 rings (SSSR count). The van der Waals surface area contributed by atoms with Crippen LogP contribution in [0.1, 0.15) is 16.7 Å². The predicted octanol–water partition coefficient (Wildman–Crippen LogP) is -9.07. The molecule has 2 aromatic carbocycles. The van der Waals surface area contributed by atoms with E-state index in [1.165, 1.54) is 23.5 Å². The Balaban J connectivity index is 2.00. The third-order valence-corrected chi connectivity index (χ3v) is 9.20. The van der Waals surface area contributed by atoms with Crippen LogP contribution in [-0.4, -0.2) is 77.0 Å². The van der Waals surface area contributed by atoms with Crippen molar-refractivity contribution in [2.24, 2.45) is 5.73 Å². The Bertz CT molecular complexity index is 1380. The topological polar surface area (TPSA) is 95.7 Å². The van der Waals surface area contributed by atoms with Crippen LogP contribution in [-0.2, 0) is 40.1 Å². The fourth-order valence-corrected chi connectivity index (χ4v) is 5.77. The molecule has 6 nitrogen and oxygen atoms in total. The van der Waals surface area contributed by atoms with Gasteiger partial charge in [-0.2, -0.15) is 21.6 Å². The van der Waals surface area contributed by atoms with Gasteiger partial charge in [-0.3, -0.25) is 4.79 Å². The van der Waals surface area contributed by atoms with E-state index in [9.17, 15) is 26.4 Å². The number of ketones is 1. The molecule has 1 unspecified atom stereocenters. The van der Waals surface area contributed by atoms with E-state index in [0.29, 0.717) is 5.56 Å². The Hall–Kier alpha value is -2.49. The van der Waals surface area contributed by atoms with E-state index >= 15 is 0 Å². The van der Waals surface area contributed by atoms with E-state index < -0.39 is 49.3 Å². The lowest BCUT2D eigenvalue weighted by Gasteiger charge is -2.32. The van der Waals surface area contributed by atoms with Crippen LogP contribution in [0, 0.1) is 0 Å². The van der Waals surface area contributed by atoms with Gasteiger partial charge in [0.25, 0.3) is 0 Å². The van der Waals surface area contributed by atoms with Crippen molar-refractivity contribution in [2.75, 3.05) is 0 Å². The maximum Gasteiger partial charge on any atom is 0.416 e. The zero-order valence-corrected chi connectivity index (χ0v) is 22.3. The lowest BCUT2D eigenvalue weighted by atomic mass is 9.53. The lowest BCUT2D eigenvalue weighted by Crippen LogP contribution is -2.60. The van der Waals surface area contributed by atoms with Crippen LogP contribution in [0.15, 0.2) is 35.9 Å². The monoisotopic (exact) mass is 509 g/mol. The molecule has 0 fully saturated rings. The highest BCUT2D eigenvalue weighted by atomic mass is 32.2. The number of hydrogen-bond acceptors (Lipinski definition) is 6. The number of halogens is 3. The van der Waals surface area contributed by atoms with Crippen molar-refractivity contribution >= 4 is 106 Å². The van der Waals surface area contributed by atoms with Crippen molar-refractivity contribution in [3.8, 4) is 0 Å². The summed E-state index contributed by atoms with van der Waals surface area (Å²) in [6, 6.07) is 3.78. The molecule has 1 heterocycles. The van der Waals surface area contributed by atoms with E-state index in [0.717, 1.165) is 51.6 Å². The summed E-state index contributed by atoms with van der Waals surface area (Å²) in [7, 11) is 9.22. The first-order valence-electron chi connectivity index (χ1n) is 11.2. The Morgan fingerprint density at radius 2 is 1.33 bits per heavy atom. The van der Waals surface area contributed by atoms with Gasteiger partial charge in [0.1, 0.15) is 54.9 Å². The summed E-state index contributed by atoms with van der Waals surface area (Å²) in [4.78, 5) is 13.3. The van der Waals surface area contributed by atoms with Crippen LogP contribution in [0.2, 0.25) is 0 Å². The standard InChI is InChI=1S/C18H22B8F3NO5S/c19-8-7(9(20)11(22)12(23)10(8)21)17(25,26)36(32,33)35-13-14(31)16(24,34-15(13)30)5-1-3-6(4-2-5)18(27,28)29/h1-4H,19-26,30H2. The summed E-state index contributed by atoms with van der Waals surface area (Å²) in [5, 5.41) is 0. The van der Waals surface area contributed by atoms with Gasteiger partial charge in [0.2, 0.25) is 17.4 Å². The summed E-state index contributed by atoms with van der Waals surface area (Å²) >= 11 is 0. The van der Waals surface area contributed by atoms with Crippen LogP contribution in [0.4, 0.5) is 13.2 Å². The molecule has 0 radical (unpaired) electrons. The fourth-order valence-electron chi connectivity index (χ4n) is 4.63. The smallest absolute Gasteiger partial charge is 0.416 e. The van der Waals surface area contributed by atoms with Crippen LogP contribution >= 0.6 is 0 Å². The molecule has 1 atom stereocenters. The normalized spacial score (nSPS) is 18.8. The van der Waals surface area contributed by atoms with Crippen molar-refractivity contribution in [1.29, 1.82) is 0 Å². The first kappa shape index (κ1) is 28.1. The number of carbonyl (C=O) groups is 1. The molecule has 2 aromatic rings. The minimum Gasteiger partial charge on any atom is -0.467 e. The molecule has 0 amide bonds. The second-order valence-electron chi connectivity index (χ2n) is 9.78. The van der Waals surface area contributed by atoms with Gasteiger partial charge in [-0.05, 0) is 17.7 Å². The first-order valence-corrected chi connectivity index (χ1v) is 12.6. The highest BCUT2D eigenvalue weighted by molar-refractivity contribution is 7.90. The number of nitrogens with two attached hydrogens (primary N) is 1. The molecule has 1 aliphatic rings. The second-order valence-corrected chi connectivity index (χ2v) is 11.9. The molecule has 0 bridgehead atoms. The molecule has 0 saturated carbocycles. The van der Waals surface area contributed by atoms with E-state index in [1.54, 1.807) is 0 Å². The average Bonchev–Trinajstić information content (AvgIpc) is 2.99. The number of rotatable bonds is 5. The number of benzene rings is 2. The van der Waals surface area contributed by atoms with E-state index in [4.69, 9.17) is 14.7 Å². The zero-order chi connectivity index (χ0) is 27.6. The van der Waals surface area contributed by atoms with Crippen molar-refractivity contribution in [3.63, 3.8) is 0 Å². The maximum absolute atomic E-state index is 13.6. The third-order valence-electron chi connectivity index (χ3n) is 7.36. The van der Waals surface area contributed by atoms with Crippen molar-refractivity contribution in [3.05, 3.63) is 52.6 Å². The fraction of sp³-hybridized carbons (Fsp3) is 0.167. The summed E-state index contributed by atoms with van der Waals surface area (Å²) in [6.45, 7) is 0. The van der Waals surface area contributed by atoms with Gasteiger partial charge >= 0.3 is 16.3 Å². The number of carbonyl (C=O) groups excluding carboxylic acids is 1. The summed E-state index contributed by atoms with van der Waals surface area (Å²) in [5.41, 5.74) is 8.26. The maximum atomic E-state index is 13.6. The number of hydrogen-bond donors (Lipinski definition) is 1. The van der Waals surface area contributed by atoms with Crippen LogP contribution in [0.25, 0.3) is 0 Å². The van der Waals surface area contributed by atoms with Crippen LogP contribution in [0.5, 0.6) is 0 Å². The van der Waals surface area contributed by atoms with Gasteiger partial charge in [-0.1, -0.05) is 28.6 Å². The zero-order valence-electron chi connectivity index (χ0n) is 21.5. The average molecular weight is 508 g/mol. The molecular formula is C18H22B8F3NO5S. The molecular weight excluding hydrogens is 486 g/mol. The highest BCUT2D eigenvalue weighted by Crippen LogP contribution is 2.38. The highest BCUT2D eigenvalue weighted by Gasteiger charge is 2.51. The minimum atomic E-state index is -4.56. The number of ether oxygens (including phenoxy) is 1.